The molecule has 4 rings (SSSR count). The van der Waals surface area contributed by atoms with Crippen LogP contribution in [0.1, 0.15) is 16.1 Å². The summed E-state index contributed by atoms with van der Waals surface area (Å²) >= 11 is 0. The van der Waals surface area contributed by atoms with E-state index in [-0.39, 0.29) is 25.9 Å². The summed E-state index contributed by atoms with van der Waals surface area (Å²) in [5.74, 6) is 0.949. The van der Waals surface area contributed by atoms with Gasteiger partial charge >= 0.3 is 0 Å². The van der Waals surface area contributed by atoms with E-state index in [0.717, 1.165) is 11.3 Å². The van der Waals surface area contributed by atoms with Gasteiger partial charge in [-0.1, -0.05) is 30.0 Å². The SMILES string of the molecule is COc1ccc(OC)c(C(=O)c2ccc[n-]2)c1.[Ir].[c-]1ccccc1-c1ccccn1. The van der Waals surface area contributed by atoms with Crippen LogP contribution in [-0.2, 0) is 20.1 Å². The van der Waals surface area contributed by atoms with E-state index in [1.807, 2.05) is 42.5 Å². The monoisotopic (exact) mass is 577 g/mol. The second kappa shape index (κ2) is 11.7. The molecule has 0 aliphatic heterocycles. The average molecular weight is 577 g/mol. The summed E-state index contributed by atoms with van der Waals surface area (Å²) < 4.78 is 10.3. The smallest absolute Gasteiger partial charge is 0.175 e. The van der Waals surface area contributed by atoms with Crippen molar-refractivity contribution in [1.29, 1.82) is 0 Å². The van der Waals surface area contributed by atoms with Crippen molar-refractivity contribution in [3.05, 3.63) is 103 Å². The first-order valence-electron chi connectivity index (χ1n) is 8.95. The first-order chi connectivity index (χ1) is 14.2. The Hall–Kier alpha value is -3.21. The maximum Gasteiger partial charge on any atom is 0.175 e. The number of methoxy groups -OCH3 is 2. The van der Waals surface area contributed by atoms with Crippen molar-refractivity contribution in [3.8, 4) is 22.8 Å². The van der Waals surface area contributed by atoms with Gasteiger partial charge in [-0.15, -0.1) is 35.9 Å². The number of hydrogen-bond donors (Lipinski definition) is 0. The standard InChI is InChI=1S/C13H13NO3.C11H8N.Ir/c1-16-9-5-6-12(17-2)10(8-9)13(15)11-4-3-7-14-11;1-2-6-10(7-3-1)11-8-4-5-9-12-11;/h3-8H,1-2H3,(H,14,15);1-6,8-9H;/q;-1;/p-1. The minimum atomic E-state index is -0.175. The third-order valence-electron chi connectivity index (χ3n) is 4.09. The Morgan fingerprint density at radius 1 is 0.967 bits per heavy atom. The Bertz CT molecular complexity index is 999. The summed E-state index contributed by atoms with van der Waals surface area (Å²) in [6.45, 7) is 0. The number of nitrogens with zero attached hydrogens (tertiary/aromatic N) is 2. The summed E-state index contributed by atoms with van der Waals surface area (Å²) in [4.78, 5) is 20.4. The van der Waals surface area contributed by atoms with Crippen LogP contribution < -0.4 is 14.5 Å². The number of ether oxygens (including phenoxy) is 2. The molecule has 6 heteroatoms. The molecule has 4 aromatic rings. The van der Waals surface area contributed by atoms with Crippen molar-refractivity contribution in [2.75, 3.05) is 14.2 Å². The van der Waals surface area contributed by atoms with Crippen LogP contribution in [0.5, 0.6) is 11.5 Å². The minimum absolute atomic E-state index is 0. The zero-order valence-electron chi connectivity index (χ0n) is 16.5. The Morgan fingerprint density at radius 2 is 1.80 bits per heavy atom. The van der Waals surface area contributed by atoms with Gasteiger partial charge in [0.1, 0.15) is 11.5 Å². The minimum Gasteiger partial charge on any atom is -0.661 e. The molecule has 0 unspecified atom stereocenters. The average Bonchev–Trinajstić information content (AvgIpc) is 3.35. The van der Waals surface area contributed by atoms with Gasteiger partial charge in [0.25, 0.3) is 0 Å². The summed E-state index contributed by atoms with van der Waals surface area (Å²) in [5.41, 5.74) is 2.86. The van der Waals surface area contributed by atoms with E-state index in [9.17, 15) is 4.79 Å². The van der Waals surface area contributed by atoms with Crippen LogP contribution in [0, 0.1) is 6.07 Å². The molecular formula is C24H20IrN2O3-2. The molecule has 155 valence electrons. The van der Waals surface area contributed by atoms with Crippen molar-refractivity contribution in [3.63, 3.8) is 0 Å². The van der Waals surface area contributed by atoms with Gasteiger partial charge in [-0.2, -0.15) is 6.20 Å². The van der Waals surface area contributed by atoms with Gasteiger partial charge in [0.05, 0.1) is 19.8 Å². The van der Waals surface area contributed by atoms with Crippen molar-refractivity contribution in [2.45, 2.75) is 0 Å². The third kappa shape index (κ3) is 5.89. The van der Waals surface area contributed by atoms with Gasteiger partial charge in [0, 0.05) is 26.3 Å². The van der Waals surface area contributed by atoms with Gasteiger partial charge in [-0.05, 0) is 30.0 Å². The molecule has 0 spiro atoms. The molecule has 2 aromatic carbocycles. The largest absolute Gasteiger partial charge is 0.661 e. The summed E-state index contributed by atoms with van der Waals surface area (Å²) in [5, 5.41) is 0. The van der Waals surface area contributed by atoms with E-state index < -0.39 is 0 Å². The van der Waals surface area contributed by atoms with Crippen molar-refractivity contribution in [1.82, 2.24) is 9.97 Å². The molecule has 0 aliphatic carbocycles. The molecule has 1 radical (unpaired) electrons. The Balaban J connectivity index is 0.000000218. The molecule has 0 saturated carbocycles. The number of ketones is 1. The molecule has 0 atom stereocenters. The molecule has 0 aliphatic rings. The first-order valence-corrected chi connectivity index (χ1v) is 8.95. The van der Waals surface area contributed by atoms with E-state index in [2.05, 4.69) is 16.0 Å². The topological polar surface area (TPSA) is 62.5 Å². The summed E-state index contributed by atoms with van der Waals surface area (Å²) in [6, 6.07) is 25.3. The van der Waals surface area contributed by atoms with Gasteiger partial charge in [-0.3, -0.25) is 4.79 Å². The van der Waals surface area contributed by atoms with Crippen LogP contribution in [-0.4, -0.2) is 25.0 Å². The molecule has 2 heterocycles. The van der Waals surface area contributed by atoms with Gasteiger partial charge in [0.15, 0.2) is 5.78 Å². The molecule has 0 amide bonds. The fourth-order valence-corrected chi connectivity index (χ4v) is 2.64. The summed E-state index contributed by atoms with van der Waals surface area (Å²) in [7, 11) is 3.08. The van der Waals surface area contributed by atoms with E-state index in [1.165, 1.54) is 7.11 Å². The second-order valence-corrected chi connectivity index (χ2v) is 5.91. The molecule has 0 saturated heterocycles. The quantitative estimate of drug-likeness (QED) is 0.260. The Morgan fingerprint density at radius 3 is 2.40 bits per heavy atom. The zero-order valence-corrected chi connectivity index (χ0v) is 18.9. The van der Waals surface area contributed by atoms with Crippen LogP contribution in [0.2, 0.25) is 0 Å². The summed E-state index contributed by atoms with van der Waals surface area (Å²) in [6.07, 6.45) is 3.37. The molecule has 2 aromatic heterocycles. The molecule has 0 fully saturated rings. The van der Waals surface area contributed by atoms with E-state index in [0.29, 0.717) is 22.8 Å². The predicted molar refractivity (Wildman–Crippen MR) is 111 cm³/mol. The van der Waals surface area contributed by atoms with Crippen molar-refractivity contribution >= 4 is 5.78 Å². The number of rotatable bonds is 5. The number of pyridine rings is 1. The van der Waals surface area contributed by atoms with Crippen LogP contribution in [0.25, 0.3) is 11.3 Å². The van der Waals surface area contributed by atoms with Crippen LogP contribution in [0.4, 0.5) is 0 Å². The first kappa shape index (κ1) is 23.1. The fourth-order valence-electron chi connectivity index (χ4n) is 2.64. The number of benzene rings is 2. The van der Waals surface area contributed by atoms with Crippen LogP contribution >= 0.6 is 0 Å². The van der Waals surface area contributed by atoms with Crippen LogP contribution in [0.15, 0.2) is 85.2 Å². The number of carbonyl (C=O) groups is 1. The molecule has 0 N–H and O–H groups in total. The van der Waals surface area contributed by atoms with E-state index >= 15 is 0 Å². The van der Waals surface area contributed by atoms with E-state index in [4.69, 9.17) is 9.47 Å². The molecule has 5 nitrogen and oxygen atoms in total. The van der Waals surface area contributed by atoms with Gasteiger partial charge in [0.2, 0.25) is 0 Å². The maximum atomic E-state index is 12.2. The zero-order chi connectivity index (χ0) is 20.5. The Labute approximate surface area is 189 Å². The molecule has 0 bridgehead atoms. The predicted octanol–water partition coefficient (Wildman–Crippen LogP) is 4.44. The molecule has 30 heavy (non-hydrogen) atoms. The van der Waals surface area contributed by atoms with Crippen molar-refractivity contribution < 1.29 is 34.4 Å². The van der Waals surface area contributed by atoms with Gasteiger partial charge < -0.3 is 19.4 Å². The maximum absolute atomic E-state index is 12.2. The third-order valence-corrected chi connectivity index (χ3v) is 4.09. The Kier molecular flexibility index (Phi) is 9.01. The van der Waals surface area contributed by atoms with E-state index in [1.54, 1.807) is 49.8 Å². The van der Waals surface area contributed by atoms with Crippen molar-refractivity contribution in [2.24, 2.45) is 0 Å². The normalized spacial score (nSPS) is 9.53. The fraction of sp³-hybridized carbons (Fsp3) is 0.0833. The number of carbonyl (C=O) groups excluding carboxylic acids is 1. The van der Waals surface area contributed by atoms with Gasteiger partial charge in [-0.25, -0.2) is 0 Å². The molecular weight excluding hydrogens is 556 g/mol. The number of hydrogen-bond acceptors (Lipinski definition) is 4. The number of aromatic nitrogens is 2. The second-order valence-electron chi connectivity index (χ2n) is 5.91. The van der Waals surface area contributed by atoms with Crippen LogP contribution in [0.3, 0.4) is 0 Å².